The van der Waals surface area contributed by atoms with Gasteiger partial charge in [-0.15, -0.1) is 0 Å². The average molecular weight is 241 g/mol. The Labute approximate surface area is 105 Å². The van der Waals surface area contributed by atoms with Gasteiger partial charge in [-0.1, -0.05) is 46.0 Å². The van der Waals surface area contributed by atoms with Crippen LogP contribution >= 0.6 is 0 Å². The first-order valence-electron chi connectivity index (χ1n) is 7.12. The zero-order valence-corrected chi connectivity index (χ0v) is 11.3. The summed E-state index contributed by atoms with van der Waals surface area (Å²) in [6.45, 7) is 5.64. The molecule has 0 aliphatic heterocycles. The van der Waals surface area contributed by atoms with Crippen molar-refractivity contribution in [2.75, 3.05) is 13.1 Å². The van der Waals surface area contributed by atoms with E-state index in [1.54, 1.807) is 0 Å². The molecule has 0 amide bonds. The Balaban J connectivity index is 2.48. The molecule has 0 heterocycles. The lowest BCUT2D eigenvalue weighted by Gasteiger charge is -2.33. The highest BCUT2D eigenvalue weighted by atomic mass is 16.4. The number of rotatable bonds is 5. The van der Waals surface area contributed by atoms with Crippen LogP contribution in [0.4, 0.5) is 0 Å². The highest BCUT2D eigenvalue weighted by molar-refractivity contribution is 5.69. The van der Waals surface area contributed by atoms with Crippen molar-refractivity contribution >= 4 is 5.97 Å². The summed E-state index contributed by atoms with van der Waals surface area (Å²) in [5.41, 5.74) is 0. The number of aliphatic carboxylic acids is 1. The monoisotopic (exact) mass is 241 g/mol. The van der Waals surface area contributed by atoms with Crippen LogP contribution in [0.25, 0.3) is 0 Å². The van der Waals surface area contributed by atoms with Crippen LogP contribution in [0, 0.1) is 5.92 Å². The lowest BCUT2D eigenvalue weighted by atomic mass is 9.95. The number of hydrogen-bond acceptors (Lipinski definition) is 2. The highest BCUT2D eigenvalue weighted by Crippen LogP contribution is 2.22. The third-order valence-corrected chi connectivity index (χ3v) is 3.93. The summed E-state index contributed by atoms with van der Waals surface area (Å²) in [5.74, 6) is -0.922. The van der Waals surface area contributed by atoms with Crippen LogP contribution in [0.3, 0.4) is 0 Å². The summed E-state index contributed by atoms with van der Waals surface area (Å²) in [4.78, 5) is 13.3. The molecule has 0 saturated heterocycles. The minimum atomic E-state index is -0.672. The Hall–Kier alpha value is -0.570. The summed E-state index contributed by atoms with van der Waals surface area (Å²) in [6.07, 6.45) is 9.20. The molecule has 0 radical (unpaired) electrons. The molecule has 0 aromatic heterocycles. The smallest absolute Gasteiger partial charge is 0.307 e. The van der Waals surface area contributed by atoms with Gasteiger partial charge in [-0.05, 0) is 19.4 Å². The van der Waals surface area contributed by atoms with Gasteiger partial charge >= 0.3 is 5.97 Å². The van der Waals surface area contributed by atoms with Crippen LogP contribution in [0.15, 0.2) is 0 Å². The molecular formula is C14H27NO2. The summed E-state index contributed by atoms with van der Waals surface area (Å²) in [5, 5.41) is 9.00. The fourth-order valence-electron chi connectivity index (χ4n) is 2.77. The van der Waals surface area contributed by atoms with Crippen LogP contribution in [0.1, 0.15) is 58.8 Å². The van der Waals surface area contributed by atoms with Gasteiger partial charge in [0.1, 0.15) is 0 Å². The standard InChI is InChI=1S/C14H27NO2/c1-3-15(11-12(2)14(16)17)13-9-7-5-4-6-8-10-13/h12-13H,3-11H2,1-2H3,(H,16,17). The molecule has 0 spiro atoms. The second-order valence-electron chi connectivity index (χ2n) is 5.33. The van der Waals surface area contributed by atoms with E-state index in [0.29, 0.717) is 12.6 Å². The fourth-order valence-corrected chi connectivity index (χ4v) is 2.77. The number of hydrogen-bond donors (Lipinski definition) is 1. The Morgan fingerprint density at radius 2 is 1.76 bits per heavy atom. The molecule has 1 rings (SSSR count). The molecule has 0 bridgehead atoms. The lowest BCUT2D eigenvalue weighted by Crippen LogP contribution is -2.40. The molecular weight excluding hydrogens is 214 g/mol. The molecule has 3 nitrogen and oxygen atoms in total. The predicted molar refractivity (Wildman–Crippen MR) is 70.2 cm³/mol. The van der Waals surface area contributed by atoms with E-state index in [2.05, 4.69) is 11.8 Å². The highest BCUT2D eigenvalue weighted by Gasteiger charge is 2.22. The van der Waals surface area contributed by atoms with Crippen molar-refractivity contribution in [3.05, 3.63) is 0 Å². The Morgan fingerprint density at radius 1 is 1.24 bits per heavy atom. The van der Waals surface area contributed by atoms with E-state index in [0.717, 1.165) is 6.54 Å². The molecule has 100 valence electrons. The molecule has 0 aromatic carbocycles. The Kier molecular flexibility index (Phi) is 6.56. The van der Waals surface area contributed by atoms with E-state index in [9.17, 15) is 4.79 Å². The Bertz CT molecular complexity index is 222. The third-order valence-electron chi connectivity index (χ3n) is 3.93. The molecule has 0 aromatic rings. The fraction of sp³-hybridized carbons (Fsp3) is 0.929. The number of carbonyl (C=O) groups is 1. The molecule has 1 saturated carbocycles. The molecule has 1 unspecified atom stereocenters. The molecule has 1 aliphatic rings. The van der Waals surface area contributed by atoms with Crippen molar-refractivity contribution in [1.82, 2.24) is 4.90 Å². The maximum Gasteiger partial charge on any atom is 0.307 e. The van der Waals surface area contributed by atoms with Crippen LogP contribution < -0.4 is 0 Å². The first-order valence-corrected chi connectivity index (χ1v) is 7.12. The minimum Gasteiger partial charge on any atom is -0.481 e. The van der Waals surface area contributed by atoms with Crippen molar-refractivity contribution in [2.45, 2.75) is 64.8 Å². The van der Waals surface area contributed by atoms with Gasteiger partial charge in [-0.3, -0.25) is 9.69 Å². The zero-order valence-electron chi connectivity index (χ0n) is 11.3. The van der Waals surface area contributed by atoms with E-state index in [4.69, 9.17) is 5.11 Å². The Morgan fingerprint density at radius 3 is 2.24 bits per heavy atom. The molecule has 1 atom stereocenters. The van der Waals surface area contributed by atoms with Gasteiger partial charge < -0.3 is 5.11 Å². The second kappa shape index (κ2) is 7.70. The number of carboxylic acids is 1. The average Bonchev–Trinajstić information content (AvgIpc) is 2.25. The number of carboxylic acid groups (broad SMARTS) is 1. The quantitative estimate of drug-likeness (QED) is 0.804. The van der Waals surface area contributed by atoms with Crippen molar-refractivity contribution in [3.8, 4) is 0 Å². The summed E-state index contributed by atoms with van der Waals surface area (Å²) in [6, 6.07) is 0.613. The van der Waals surface area contributed by atoms with Crippen LogP contribution in [0.2, 0.25) is 0 Å². The van der Waals surface area contributed by atoms with Gasteiger partial charge in [-0.2, -0.15) is 0 Å². The van der Waals surface area contributed by atoms with Gasteiger partial charge in [0.2, 0.25) is 0 Å². The van der Waals surface area contributed by atoms with Gasteiger partial charge in [0.05, 0.1) is 5.92 Å². The van der Waals surface area contributed by atoms with E-state index in [-0.39, 0.29) is 5.92 Å². The largest absolute Gasteiger partial charge is 0.481 e. The first kappa shape index (κ1) is 14.5. The van der Waals surface area contributed by atoms with Gasteiger partial charge in [0.15, 0.2) is 0 Å². The zero-order chi connectivity index (χ0) is 12.7. The molecule has 1 fully saturated rings. The van der Waals surface area contributed by atoms with Crippen molar-refractivity contribution < 1.29 is 9.90 Å². The van der Waals surface area contributed by atoms with E-state index in [1.165, 1.54) is 44.9 Å². The van der Waals surface area contributed by atoms with E-state index >= 15 is 0 Å². The molecule has 1 N–H and O–H groups in total. The lowest BCUT2D eigenvalue weighted by molar-refractivity contribution is -0.141. The van der Waals surface area contributed by atoms with Gasteiger partial charge in [0.25, 0.3) is 0 Å². The summed E-state index contributed by atoms with van der Waals surface area (Å²) < 4.78 is 0. The van der Waals surface area contributed by atoms with Crippen molar-refractivity contribution in [2.24, 2.45) is 5.92 Å². The van der Waals surface area contributed by atoms with Crippen LogP contribution in [-0.4, -0.2) is 35.1 Å². The van der Waals surface area contributed by atoms with Gasteiger partial charge in [-0.25, -0.2) is 0 Å². The van der Waals surface area contributed by atoms with Crippen LogP contribution in [0.5, 0.6) is 0 Å². The topological polar surface area (TPSA) is 40.5 Å². The van der Waals surface area contributed by atoms with Crippen LogP contribution in [-0.2, 0) is 4.79 Å². The van der Waals surface area contributed by atoms with E-state index in [1.807, 2.05) is 6.92 Å². The molecule has 17 heavy (non-hydrogen) atoms. The number of nitrogens with zero attached hydrogens (tertiary/aromatic N) is 1. The maximum absolute atomic E-state index is 10.9. The first-order chi connectivity index (χ1) is 8.15. The molecule has 3 heteroatoms. The van der Waals surface area contributed by atoms with E-state index < -0.39 is 5.97 Å². The summed E-state index contributed by atoms with van der Waals surface area (Å²) >= 11 is 0. The normalized spacial score (nSPS) is 20.9. The van der Waals surface area contributed by atoms with Gasteiger partial charge in [0, 0.05) is 12.6 Å². The second-order valence-corrected chi connectivity index (χ2v) is 5.33. The minimum absolute atomic E-state index is 0.250. The predicted octanol–water partition coefficient (Wildman–Crippen LogP) is 3.14. The third kappa shape index (κ3) is 5.07. The SMILES string of the molecule is CCN(CC(C)C(=O)O)C1CCCCCCC1. The summed E-state index contributed by atoms with van der Waals surface area (Å²) in [7, 11) is 0. The molecule has 1 aliphatic carbocycles. The maximum atomic E-state index is 10.9. The van der Waals surface area contributed by atoms with Crippen molar-refractivity contribution in [3.63, 3.8) is 0 Å². The van der Waals surface area contributed by atoms with Crippen molar-refractivity contribution in [1.29, 1.82) is 0 Å².